The molecule has 0 radical (unpaired) electrons. The second-order valence-electron chi connectivity index (χ2n) is 5.31. The van der Waals surface area contributed by atoms with Gasteiger partial charge in [0.15, 0.2) is 6.10 Å². The van der Waals surface area contributed by atoms with Crippen LogP contribution in [0.2, 0.25) is 0 Å². The molecule has 1 heterocycles. The molecule has 0 fully saturated rings. The summed E-state index contributed by atoms with van der Waals surface area (Å²) in [5.41, 5.74) is 1.38. The summed E-state index contributed by atoms with van der Waals surface area (Å²) in [6, 6.07) is 17.8. The SMILES string of the molecule is C[C@H](OC(=O)c1ccc2ccccc2n1)C(=O)c1ccc(Br)cc1. The minimum atomic E-state index is -0.882. The van der Waals surface area contributed by atoms with Gasteiger partial charge in [0.25, 0.3) is 0 Å². The number of fused-ring (bicyclic) bond motifs is 1. The highest BCUT2D eigenvalue weighted by atomic mass is 79.9. The highest BCUT2D eigenvalue weighted by Crippen LogP contribution is 2.15. The minimum Gasteiger partial charge on any atom is -0.450 e. The van der Waals surface area contributed by atoms with Gasteiger partial charge in [-0.25, -0.2) is 9.78 Å². The summed E-state index contributed by atoms with van der Waals surface area (Å²) in [6.07, 6.45) is -0.882. The van der Waals surface area contributed by atoms with Crippen LogP contribution in [0, 0.1) is 0 Å². The number of carbonyl (C=O) groups is 2. The van der Waals surface area contributed by atoms with Crippen LogP contribution < -0.4 is 0 Å². The number of ether oxygens (including phenoxy) is 1. The number of hydrogen-bond acceptors (Lipinski definition) is 4. The third kappa shape index (κ3) is 3.51. The molecule has 0 aliphatic heterocycles. The van der Waals surface area contributed by atoms with Crippen LogP contribution in [-0.4, -0.2) is 22.8 Å². The molecule has 0 aliphatic carbocycles. The van der Waals surface area contributed by atoms with Crippen LogP contribution in [0.1, 0.15) is 27.8 Å². The average molecular weight is 384 g/mol. The number of halogens is 1. The van der Waals surface area contributed by atoms with Crippen LogP contribution in [0.3, 0.4) is 0 Å². The zero-order valence-electron chi connectivity index (χ0n) is 12.9. The quantitative estimate of drug-likeness (QED) is 0.494. The predicted octanol–water partition coefficient (Wildman–Crippen LogP) is 4.43. The standard InChI is InChI=1S/C19H14BrNO3/c1-12(18(22)14-6-9-15(20)10-7-14)24-19(23)17-11-8-13-4-2-3-5-16(13)21-17/h2-12H,1H3/t12-/m0/s1. The zero-order valence-corrected chi connectivity index (χ0v) is 14.5. The van der Waals surface area contributed by atoms with Crippen molar-refractivity contribution >= 4 is 38.6 Å². The van der Waals surface area contributed by atoms with Crippen LogP contribution in [0.25, 0.3) is 10.9 Å². The van der Waals surface area contributed by atoms with Gasteiger partial charge >= 0.3 is 5.97 Å². The first-order valence-electron chi connectivity index (χ1n) is 7.41. The third-order valence-corrected chi connectivity index (χ3v) is 4.12. The fourth-order valence-electron chi connectivity index (χ4n) is 2.30. The fourth-order valence-corrected chi connectivity index (χ4v) is 2.57. The predicted molar refractivity (Wildman–Crippen MR) is 95.1 cm³/mol. The first-order valence-corrected chi connectivity index (χ1v) is 8.20. The van der Waals surface area contributed by atoms with Gasteiger partial charge in [0.2, 0.25) is 5.78 Å². The van der Waals surface area contributed by atoms with Crippen molar-refractivity contribution in [2.45, 2.75) is 13.0 Å². The number of esters is 1. The van der Waals surface area contributed by atoms with E-state index in [2.05, 4.69) is 20.9 Å². The Bertz CT molecular complexity index is 906. The van der Waals surface area contributed by atoms with E-state index >= 15 is 0 Å². The van der Waals surface area contributed by atoms with E-state index in [1.165, 1.54) is 0 Å². The third-order valence-electron chi connectivity index (χ3n) is 3.59. The van der Waals surface area contributed by atoms with Gasteiger partial charge in [-0.05, 0) is 31.2 Å². The lowest BCUT2D eigenvalue weighted by Gasteiger charge is -2.12. The van der Waals surface area contributed by atoms with E-state index in [9.17, 15) is 9.59 Å². The summed E-state index contributed by atoms with van der Waals surface area (Å²) in [6.45, 7) is 1.56. The summed E-state index contributed by atoms with van der Waals surface area (Å²) in [5.74, 6) is -0.865. The Balaban J connectivity index is 1.75. The molecule has 24 heavy (non-hydrogen) atoms. The number of rotatable bonds is 4. The van der Waals surface area contributed by atoms with Crippen molar-refractivity contribution in [1.29, 1.82) is 0 Å². The number of carbonyl (C=O) groups excluding carboxylic acids is 2. The van der Waals surface area contributed by atoms with Crippen LogP contribution in [0.5, 0.6) is 0 Å². The van der Waals surface area contributed by atoms with Crippen LogP contribution in [0.4, 0.5) is 0 Å². The van der Waals surface area contributed by atoms with E-state index in [-0.39, 0.29) is 11.5 Å². The number of benzene rings is 2. The fraction of sp³-hybridized carbons (Fsp3) is 0.105. The summed E-state index contributed by atoms with van der Waals surface area (Å²) >= 11 is 3.32. The number of para-hydroxylation sites is 1. The van der Waals surface area contributed by atoms with Crippen molar-refractivity contribution in [3.05, 3.63) is 76.4 Å². The van der Waals surface area contributed by atoms with E-state index in [1.54, 1.807) is 43.3 Å². The molecular formula is C19H14BrNO3. The molecule has 3 rings (SSSR count). The Morgan fingerprint density at radius 3 is 2.46 bits per heavy atom. The molecule has 5 heteroatoms. The number of pyridine rings is 1. The Morgan fingerprint density at radius 1 is 1.00 bits per heavy atom. The van der Waals surface area contributed by atoms with Gasteiger partial charge in [-0.15, -0.1) is 0 Å². The van der Waals surface area contributed by atoms with E-state index < -0.39 is 12.1 Å². The van der Waals surface area contributed by atoms with Crippen LogP contribution in [0.15, 0.2) is 65.1 Å². The molecule has 4 nitrogen and oxygen atoms in total. The number of aromatic nitrogens is 1. The van der Waals surface area contributed by atoms with Gasteiger partial charge in [0.1, 0.15) is 5.69 Å². The van der Waals surface area contributed by atoms with E-state index in [0.29, 0.717) is 11.1 Å². The minimum absolute atomic E-state index is 0.184. The van der Waals surface area contributed by atoms with Gasteiger partial charge < -0.3 is 4.74 Å². The highest BCUT2D eigenvalue weighted by molar-refractivity contribution is 9.10. The monoisotopic (exact) mass is 383 g/mol. The smallest absolute Gasteiger partial charge is 0.357 e. The van der Waals surface area contributed by atoms with Crippen LogP contribution >= 0.6 is 15.9 Å². The summed E-state index contributed by atoms with van der Waals surface area (Å²) in [5, 5.41) is 0.938. The Labute approximate surface area is 147 Å². The van der Waals surface area contributed by atoms with Gasteiger partial charge in [-0.1, -0.05) is 52.3 Å². The van der Waals surface area contributed by atoms with Gasteiger partial charge in [-0.3, -0.25) is 4.79 Å². The van der Waals surface area contributed by atoms with E-state index in [0.717, 1.165) is 9.86 Å². The topological polar surface area (TPSA) is 56.3 Å². The lowest BCUT2D eigenvalue weighted by molar-refractivity contribution is 0.0313. The Kier molecular flexibility index (Phi) is 4.71. The molecule has 0 aliphatic rings. The lowest BCUT2D eigenvalue weighted by atomic mass is 10.1. The Morgan fingerprint density at radius 2 is 1.71 bits per heavy atom. The van der Waals surface area contributed by atoms with Crippen molar-refractivity contribution in [2.24, 2.45) is 0 Å². The average Bonchev–Trinajstić information content (AvgIpc) is 2.61. The molecule has 0 amide bonds. The van der Waals surface area contributed by atoms with Crippen LogP contribution in [-0.2, 0) is 4.74 Å². The molecule has 0 saturated heterocycles. The van der Waals surface area contributed by atoms with Crippen molar-refractivity contribution in [2.75, 3.05) is 0 Å². The number of Topliss-reactive ketones (excluding diaryl/α,β-unsaturated/α-hetero) is 1. The molecular weight excluding hydrogens is 370 g/mol. The molecule has 120 valence electrons. The number of hydrogen-bond donors (Lipinski definition) is 0. The van der Waals surface area contributed by atoms with E-state index in [1.807, 2.05) is 24.3 Å². The number of ketones is 1. The molecule has 0 saturated carbocycles. The van der Waals surface area contributed by atoms with Gasteiger partial charge in [0, 0.05) is 15.4 Å². The van der Waals surface area contributed by atoms with E-state index in [4.69, 9.17) is 4.74 Å². The Hall–Kier alpha value is -2.53. The maximum atomic E-state index is 12.3. The maximum absolute atomic E-state index is 12.3. The molecule has 3 aromatic rings. The summed E-state index contributed by atoms with van der Waals surface area (Å²) in [7, 11) is 0. The lowest BCUT2D eigenvalue weighted by Crippen LogP contribution is -2.24. The molecule has 2 aromatic carbocycles. The normalized spacial score (nSPS) is 11.9. The summed E-state index contributed by atoms with van der Waals surface area (Å²) < 4.78 is 6.15. The molecule has 0 bridgehead atoms. The molecule has 1 atom stereocenters. The van der Waals surface area contributed by atoms with Gasteiger partial charge in [-0.2, -0.15) is 0 Å². The maximum Gasteiger partial charge on any atom is 0.357 e. The second kappa shape index (κ2) is 6.93. The first kappa shape index (κ1) is 16.3. The van der Waals surface area contributed by atoms with Crippen molar-refractivity contribution in [1.82, 2.24) is 4.98 Å². The molecule has 0 unspecified atom stereocenters. The van der Waals surface area contributed by atoms with Crippen molar-refractivity contribution in [3.63, 3.8) is 0 Å². The highest BCUT2D eigenvalue weighted by Gasteiger charge is 2.21. The molecule has 0 N–H and O–H groups in total. The number of nitrogens with zero attached hydrogens (tertiary/aromatic N) is 1. The second-order valence-corrected chi connectivity index (χ2v) is 6.22. The zero-order chi connectivity index (χ0) is 17.1. The molecule has 1 aromatic heterocycles. The van der Waals surface area contributed by atoms with Crippen molar-refractivity contribution in [3.8, 4) is 0 Å². The first-order chi connectivity index (χ1) is 11.5. The van der Waals surface area contributed by atoms with Gasteiger partial charge in [0.05, 0.1) is 5.52 Å². The summed E-state index contributed by atoms with van der Waals surface area (Å²) in [4.78, 5) is 28.8. The molecule has 0 spiro atoms. The largest absolute Gasteiger partial charge is 0.450 e. The van der Waals surface area contributed by atoms with Crippen molar-refractivity contribution < 1.29 is 14.3 Å².